The molecule has 2 aromatic heterocycles. The first-order valence-corrected chi connectivity index (χ1v) is 6.97. The fourth-order valence-electron chi connectivity index (χ4n) is 1.68. The van der Waals surface area contributed by atoms with Gasteiger partial charge in [0.25, 0.3) is 5.91 Å². The number of halogens is 1. The van der Waals surface area contributed by atoms with Crippen molar-refractivity contribution in [3.8, 4) is 5.75 Å². The molecule has 0 aromatic carbocycles. The summed E-state index contributed by atoms with van der Waals surface area (Å²) in [5, 5.41) is 9.36. The maximum Gasteiger partial charge on any atom is 0.255 e. The van der Waals surface area contributed by atoms with E-state index in [1.807, 2.05) is 19.1 Å². The molecular formula is C13H13ClN2O2S. The monoisotopic (exact) mass is 296 g/mol. The van der Waals surface area contributed by atoms with Gasteiger partial charge in [-0.05, 0) is 25.1 Å². The lowest BCUT2D eigenvalue weighted by Gasteiger charge is -2.20. The number of hydrogen-bond donors (Lipinski definition) is 1. The first-order chi connectivity index (χ1) is 9.10. The molecule has 0 unspecified atom stereocenters. The molecule has 0 aliphatic rings. The van der Waals surface area contributed by atoms with Gasteiger partial charge in [-0.25, -0.2) is 0 Å². The van der Waals surface area contributed by atoms with Crippen LogP contribution in [0.4, 0.5) is 0 Å². The molecule has 0 saturated heterocycles. The smallest absolute Gasteiger partial charge is 0.255 e. The summed E-state index contributed by atoms with van der Waals surface area (Å²) >= 11 is 7.33. The molecule has 19 heavy (non-hydrogen) atoms. The van der Waals surface area contributed by atoms with Gasteiger partial charge < -0.3 is 10.0 Å². The van der Waals surface area contributed by atoms with Gasteiger partial charge in [0.05, 0.1) is 22.6 Å². The molecule has 0 saturated carbocycles. The highest BCUT2D eigenvalue weighted by molar-refractivity contribution is 7.16. The highest BCUT2D eigenvalue weighted by Crippen LogP contribution is 2.23. The van der Waals surface area contributed by atoms with Crippen molar-refractivity contribution in [1.82, 2.24) is 9.88 Å². The SMILES string of the molecule is CCN(Cc1ccc(Cl)s1)C(=O)c1cncc(O)c1. The Balaban J connectivity index is 2.15. The zero-order valence-corrected chi connectivity index (χ0v) is 11.9. The van der Waals surface area contributed by atoms with Crippen molar-refractivity contribution in [3.63, 3.8) is 0 Å². The van der Waals surface area contributed by atoms with Crippen molar-refractivity contribution in [2.75, 3.05) is 6.54 Å². The van der Waals surface area contributed by atoms with E-state index in [2.05, 4.69) is 4.98 Å². The first kappa shape index (κ1) is 13.8. The summed E-state index contributed by atoms with van der Waals surface area (Å²) in [5.41, 5.74) is 0.379. The van der Waals surface area contributed by atoms with Gasteiger partial charge >= 0.3 is 0 Å². The van der Waals surface area contributed by atoms with Crippen LogP contribution in [-0.4, -0.2) is 27.4 Å². The maximum atomic E-state index is 12.3. The van der Waals surface area contributed by atoms with Crippen LogP contribution in [0.3, 0.4) is 0 Å². The normalized spacial score (nSPS) is 10.4. The molecule has 0 bridgehead atoms. The van der Waals surface area contributed by atoms with E-state index in [0.29, 0.717) is 23.0 Å². The summed E-state index contributed by atoms with van der Waals surface area (Å²) in [6.07, 6.45) is 2.75. The van der Waals surface area contributed by atoms with Gasteiger partial charge in [0.15, 0.2) is 0 Å². The molecule has 1 N–H and O–H groups in total. The number of amides is 1. The van der Waals surface area contributed by atoms with E-state index in [1.165, 1.54) is 29.8 Å². The van der Waals surface area contributed by atoms with Gasteiger partial charge in [0.1, 0.15) is 5.75 Å². The van der Waals surface area contributed by atoms with Crippen LogP contribution in [0.15, 0.2) is 30.6 Å². The lowest BCUT2D eigenvalue weighted by atomic mass is 10.2. The zero-order chi connectivity index (χ0) is 13.8. The van der Waals surface area contributed by atoms with E-state index in [9.17, 15) is 9.90 Å². The molecule has 100 valence electrons. The van der Waals surface area contributed by atoms with E-state index in [0.717, 1.165) is 4.88 Å². The Bertz CT molecular complexity index is 586. The minimum Gasteiger partial charge on any atom is -0.506 e. The summed E-state index contributed by atoms with van der Waals surface area (Å²) in [6, 6.07) is 5.14. The number of pyridine rings is 1. The number of carbonyl (C=O) groups excluding carboxylic acids is 1. The van der Waals surface area contributed by atoms with Gasteiger partial charge in [0.2, 0.25) is 0 Å². The second-order valence-electron chi connectivity index (χ2n) is 3.96. The van der Waals surface area contributed by atoms with Crippen LogP contribution in [0.1, 0.15) is 22.2 Å². The second-order valence-corrected chi connectivity index (χ2v) is 5.76. The van der Waals surface area contributed by atoms with Crippen LogP contribution in [0, 0.1) is 0 Å². The van der Waals surface area contributed by atoms with Crippen LogP contribution in [0.5, 0.6) is 5.75 Å². The van der Waals surface area contributed by atoms with Crippen molar-refractivity contribution < 1.29 is 9.90 Å². The van der Waals surface area contributed by atoms with Gasteiger partial charge in [0, 0.05) is 17.6 Å². The average molecular weight is 297 g/mol. The van der Waals surface area contributed by atoms with Gasteiger partial charge in [-0.1, -0.05) is 11.6 Å². The predicted octanol–water partition coefficient (Wildman–Crippen LogP) is 3.16. The molecule has 0 radical (unpaired) electrons. The largest absolute Gasteiger partial charge is 0.506 e. The molecule has 4 nitrogen and oxygen atoms in total. The van der Waals surface area contributed by atoms with Crippen molar-refractivity contribution in [1.29, 1.82) is 0 Å². The third-order valence-corrected chi connectivity index (χ3v) is 3.83. The third kappa shape index (κ3) is 3.45. The molecule has 2 aromatic rings. The first-order valence-electron chi connectivity index (χ1n) is 5.77. The number of thiophene rings is 1. The Kier molecular flexibility index (Phi) is 4.39. The standard InChI is InChI=1S/C13H13ClN2O2S/c1-2-16(8-11-3-4-12(14)19-11)13(18)9-5-10(17)7-15-6-9/h3-7,17H,2,8H2,1H3. The van der Waals surface area contributed by atoms with Crippen molar-refractivity contribution in [2.45, 2.75) is 13.5 Å². The molecule has 0 spiro atoms. The number of rotatable bonds is 4. The number of hydrogen-bond acceptors (Lipinski definition) is 4. The number of nitrogens with zero attached hydrogens (tertiary/aromatic N) is 2. The fraction of sp³-hybridized carbons (Fsp3) is 0.231. The maximum absolute atomic E-state index is 12.3. The zero-order valence-electron chi connectivity index (χ0n) is 10.3. The molecular weight excluding hydrogens is 284 g/mol. The average Bonchev–Trinajstić information content (AvgIpc) is 2.81. The summed E-state index contributed by atoms with van der Waals surface area (Å²) in [4.78, 5) is 18.8. The van der Waals surface area contributed by atoms with E-state index >= 15 is 0 Å². The van der Waals surface area contributed by atoms with Crippen LogP contribution >= 0.6 is 22.9 Å². The highest BCUT2D eigenvalue weighted by Gasteiger charge is 2.16. The molecule has 0 atom stereocenters. The minimum atomic E-state index is -0.157. The molecule has 6 heteroatoms. The Morgan fingerprint density at radius 1 is 1.47 bits per heavy atom. The Morgan fingerprint density at radius 3 is 2.84 bits per heavy atom. The number of carbonyl (C=O) groups is 1. The minimum absolute atomic E-state index is 0.0129. The van der Waals surface area contributed by atoms with E-state index in [4.69, 9.17) is 11.6 Å². The van der Waals surface area contributed by atoms with Crippen LogP contribution < -0.4 is 0 Å². The van der Waals surface area contributed by atoms with Gasteiger partial charge in [-0.15, -0.1) is 11.3 Å². The Hall–Kier alpha value is -1.59. The van der Waals surface area contributed by atoms with Crippen LogP contribution in [0.25, 0.3) is 0 Å². The van der Waals surface area contributed by atoms with E-state index in [1.54, 1.807) is 4.90 Å². The topological polar surface area (TPSA) is 53.4 Å². The lowest BCUT2D eigenvalue weighted by molar-refractivity contribution is 0.0753. The molecule has 0 aliphatic heterocycles. The Labute approximate surface area is 120 Å². The van der Waals surface area contributed by atoms with Crippen molar-refractivity contribution >= 4 is 28.8 Å². The lowest BCUT2D eigenvalue weighted by Crippen LogP contribution is -2.30. The highest BCUT2D eigenvalue weighted by atomic mass is 35.5. The Morgan fingerprint density at radius 2 is 2.26 bits per heavy atom. The third-order valence-electron chi connectivity index (χ3n) is 2.62. The summed E-state index contributed by atoms with van der Waals surface area (Å²) in [7, 11) is 0. The van der Waals surface area contributed by atoms with E-state index < -0.39 is 0 Å². The van der Waals surface area contributed by atoms with Gasteiger partial charge in [-0.2, -0.15) is 0 Å². The predicted molar refractivity (Wildman–Crippen MR) is 75.6 cm³/mol. The second kappa shape index (κ2) is 6.04. The van der Waals surface area contributed by atoms with Crippen LogP contribution in [0.2, 0.25) is 4.34 Å². The summed E-state index contributed by atoms with van der Waals surface area (Å²) in [6.45, 7) is 2.98. The summed E-state index contributed by atoms with van der Waals surface area (Å²) < 4.78 is 0.706. The quantitative estimate of drug-likeness (QED) is 0.943. The molecule has 2 heterocycles. The summed E-state index contributed by atoms with van der Waals surface area (Å²) in [5.74, 6) is -0.170. The molecule has 0 fully saturated rings. The number of aromatic nitrogens is 1. The van der Waals surface area contributed by atoms with E-state index in [-0.39, 0.29) is 11.7 Å². The fourth-order valence-corrected chi connectivity index (χ4v) is 2.78. The van der Waals surface area contributed by atoms with Crippen molar-refractivity contribution in [2.24, 2.45) is 0 Å². The van der Waals surface area contributed by atoms with Crippen molar-refractivity contribution in [3.05, 3.63) is 45.4 Å². The van der Waals surface area contributed by atoms with Crippen LogP contribution in [-0.2, 0) is 6.54 Å². The van der Waals surface area contributed by atoms with Gasteiger partial charge in [-0.3, -0.25) is 9.78 Å². The number of aromatic hydroxyl groups is 1. The molecule has 0 aliphatic carbocycles. The molecule has 2 rings (SSSR count). The molecule has 1 amide bonds.